The van der Waals surface area contributed by atoms with E-state index in [1.807, 2.05) is 104 Å². The fourth-order valence-electron chi connectivity index (χ4n) is 5.56. The van der Waals surface area contributed by atoms with Crippen LogP contribution >= 0.6 is 0 Å². The summed E-state index contributed by atoms with van der Waals surface area (Å²) in [7, 11) is 0. The van der Waals surface area contributed by atoms with Crippen LogP contribution in [0, 0.1) is 0 Å². The van der Waals surface area contributed by atoms with Gasteiger partial charge in [-0.15, -0.1) is 0 Å². The summed E-state index contributed by atoms with van der Waals surface area (Å²) in [4.78, 5) is 28.4. The van der Waals surface area contributed by atoms with E-state index in [4.69, 9.17) is 9.47 Å². The molecule has 2 aliphatic heterocycles. The van der Waals surface area contributed by atoms with Gasteiger partial charge in [0.15, 0.2) is 0 Å². The third-order valence-corrected chi connectivity index (χ3v) is 7.64. The molecule has 0 radical (unpaired) electrons. The van der Waals surface area contributed by atoms with Crippen LogP contribution in [0.3, 0.4) is 0 Å². The summed E-state index contributed by atoms with van der Waals surface area (Å²) in [5.41, 5.74) is 4.40. The van der Waals surface area contributed by atoms with Crippen molar-refractivity contribution in [1.29, 1.82) is 0 Å². The van der Waals surface area contributed by atoms with Gasteiger partial charge in [0.25, 0.3) is 11.7 Å². The second kappa shape index (κ2) is 11.3. The van der Waals surface area contributed by atoms with Crippen molar-refractivity contribution >= 4 is 17.4 Å². The smallest absolute Gasteiger partial charge is 0.295 e. The van der Waals surface area contributed by atoms with Crippen molar-refractivity contribution in [3.8, 4) is 11.5 Å². The zero-order valence-corrected chi connectivity index (χ0v) is 22.8. The van der Waals surface area contributed by atoms with Gasteiger partial charge in [0, 0.05) is 18.5 Å². The van der Waals surface area contributed by atoms with Crippen molar-refractivity contribution in [3.05, 3.63) is 137 Å². The zero-order chi connectivity index (χ0) is 28.3. The van der Waals surface area contributed by atoms with Gasteiger partial charge in [0.05, 0.1) is 11.6 Å². The number of rotatable bonds is 8. The fraction of sp³-hybridized carbons (Fsp3) is 0.200. The maximum atomic E-state index is 13.5. The molecule has 6 nitrogen and oxygen atoms in total. The lowest BCUT2D eigenvalue weighted by Crippen LogP contribution is -2.31. The molecule has 2 aliphatic rings. The number of carbonyl (C=O) groups excluding carboxylic acids is 2. The number of fused-ring (bicyclic) bond motifs is 1. The van der Waals surface area contributed by atoms with Crippen molar-refractivity contribution in [2.45, 2.75) is 38.5 Å². The van der Waals surface area contributed by atoms with Crippen LogP contribution in [0.2, 0.25) is 0 Å². The lowest BCUT2D eigenvalue weighted by Gasteiger charge is -2.25. The van der Waals surface area contributed by atoms with E-state index in [1.54, 1.807) is 11.0 Å². The van der Waals surface area contributed by atoms with Gasteiger partial charge in [0.2, 0.25) is 0 Å². The van der Waals surface area contributed by atoms with Crippen LogP contribution in [0.25, 0.3) is 5.76 Å². The Morgan fingerprint density at radius 2 is 1.59 bits per heavy atom. The molecule has 206 valence electrons. The van der Waals surface area contributed by atoms with Crippen molar-refractivity contribution in [2.24, 2.45) is 0 Å². The van der Waals surface area contributed by atoms with E-state index < -0.39 is 17.7 Å². The number of amides is 1. The minimum atomic E-state index is -0.731. The highest BCUT2D eigenvalue weighted by Crippen LogP contribution is 2.41. The Morgan fingerprint density at radius 1 is 0.902 bits per heavy atom. The molecule has 6 heteroatoms. The van der Waals surface area contributed by atoms with Crippen LogP contribution < -0.4 is 9.47 Å². The number of carbonyl (C=O) groups is 2. The van der Waals surface area contributed by atoms with E-state index in [1.165, 1.54) is 0 Å². The molecule has 1 fully saturated rings. The first-order chi connectivity index (χ1) is 20.0. The SMILES string of the molecule is CC1Cc2cc(C(O)=C3C(=O)C(=O)N(CCc4ccccc4)C3c3ccc(OCc4ccccc4)cc3)ccc2O1. The first kappa shape index (κ1) is 26.4. The quantitative estimate of drug-likeness (QED) is 0.161. The number of nitrogens with zero attached hydrogens (tertiary/aromatic N) is 1. The molecular formula is C35H31NO5. The molecule has 2 heterocycles. The van der Waals surface area contributed by atoms with Gasteiger partial charge >= 0.3 is 0 Å². The molecule has 2 atom stereocenters. The Labute approximate surface area is 239 Å². The molecule has 1 saturated heterocycles. The maximum absolute atomic E-state index is 13.5. The van der Waals surface area contributed by atoms with Crippen molar-refractivity contribution < 1.29 is 24.2 Å². The maximum Gasteiger partial charge on any atom is 0.295 e. The molecular weight excluding hydrogens is 514 g/mol. The Morgan fingerprint density at radius 3 is 2.29 bits per heavy atom. The molecule has 0 aliphatic carbocycles. The predicted octanol–water partition coefficient (Wildman–Crippen LogP) is 6.25. The number of aliphatic hydroxyl groups excluding tert-OH is 1. The highest BCUT2D eigenvalue weighted by molar-refractivity contribution is 6.46. The van der Waals surface area contributed by atoms with Crippen LogP contribution in [0.1, 0.15) is 40.8 Å². The van der Waals surface area contributed by atoms with Gasteiger partial charge in [0.1, 0.15) is 30.0 Å². The van der Waals surface area contributed by atoms with Gasteiger partial charge in [-0.3, -0.25) is 9.59 Å². The van der Waals surface area contributed by atoms with Gasteiger partial charge < -0.3 is 19.5 Å². The molecule has 1 amide bonds. The monoisotopic (exact) mass is 545 g/mol. The van der Waals surface area contributed by atoms with Crippen LogP contribution in [-0.2, 0) is 29.0 Å². The first-order valence-electron chi connectivity index (χ1n) is 13.9. The van der Waals surface area contributed by atoms with Crippen molar-refractivity contribution in [1.82, 2.24) is 4.90 Å². The second-order valence-electron chi connectivity index (χ2n) is 10.5. The zero-order valence-electron chi connectivity index (χ0n) is 22.8. The number of hydrogen-bond acceptors (Lipinski definition) is 5. The summed E-state index contributed by atoms with van der Waals surface area (Å²) in [5, 5.41) is 11.5. The summed E-state index contributed by atoms with van der Waals surface area (Å²) >= 11 is 0. The van der Waals surface area contributed by atoms with Crippen molar-refractivity contribution in [2.75, 3.05) is 6.54 Å². The first-order valence-corrected chi connectivity index (χ1v) is 13.9. The lowest BCUT2D eigenvalue weighted by atomic mass is 9.94. The number of ketones is 1. The normalized spacial score (nSPS) is 19.2. The van der Waals surface area contributed by atoms with Gasteiger partial charge in [-0.1, -0.05) is 72.8 Å². The molecule has 1 N–H and O–H groups in total. The predicted molar refractivity (Wildman–Crippen MR) is 157 cm³/mol. The number of ether oxygens (including phenoxy) is 2. The van der Waals surface area contributed by atoms with Crippen LogP contribution in [-0.4, -0.2) is 34.3 Å². The summed E-state index contributed by atoms with van der Waals surface area (Å²) in [6, 6.07) is 31.8. The summed E-state index contributed by atoms with van der Waals surface area (Å²) < 4.78 is 11.8. The second-order valence-corrected chi connectivity index (χ2v) is 10.5. The number of aliphatic hydroxyl groups is 1. The molecule has 4 aromatic rings. The molecule has 0 saturated carbocycles. The fourth-order valence-corrected chi connectivity index (χ4v) is 5.56. The standard InChI is InChI=1S/C35H31NO5/c1-23-20-28-21-27(14-17-30(28)41-23)33(37)31-32(36(35(39)34(31)38)19-18-24-8-4-2-5-9-24)26-12-15-29(16-13-26)40-22-25-10-6-3-7-11-25/h2-17,21,23,32,37H,18-20,22H2,1H3. The molecule has 4 aromatic carbocycles. The van der Waals surface area contributed by atoms with Crippen LogP contribution in [0.15, 0.2) is 109 Å². The highest BCUT2D eigenvalue weighted by Gasteiger charge is 2.46. The Bertz CT molecular complexity index is 1600. The highest BCUT2D eigenvalue weighted by atomic mass is 16.5. The van der Waals surface area contributed by atoms with Gasteiger partial charge in [-0.2, -0.15) is 0 Å². The van der Waals surface area contributed by atoms with E-state index in [2.05, 4.69) is 0 Å². The minimum absolute atomic E-state index is 0.0496. The summed E-state index contributed by atoms with van der Waals surface area (Å²) in [6.45, 7) is 2.75. The van der Waals surface area contributed by atoms with Crippen molar-refractivity contribution in [3.63, 3.8) is 0 Å². The molecule has 0 bridgehead atoms. The summed E-state index contributed by atoms with van der Waals surface area (Å²) in [6.07, 6.45) is 1.35. The number of Topliss-reactive ketones (excluding diaryl/α,β-unsaturated/α-hetero) is 1. The lowest BCUT2D eigenvalue weighted by molar-refractivity contribution is -0.139. The Kier molecular flexibility index (Phi) is 7.30. The molecule has 0 spiro atoms. The Hall–Kier alpha value is -4.84. The number of likely N-dealkylation sites (tertiary alicyclic amines) is 1. The van der Waals surface area contributed by atoms with Crippen LogP contribution in [0.4, 0.5) is 0 Å². The Balaban J connectivity index is 1.34. The third-order valence-electron chi connectivity index (χ3n) is 7.64. The van der Waals surface area contributed by atoms with E-state index >= 15 is 0 Å². The molecule has 6 rings (SSSR count). The van der Waals surface area contributed by atoms with Gasteiger partial charge in [-0.05, 0) is 65.9 Å². The third kappa shape index (κ3) is 5.46. The van der Waals surface area contributed by atoms with E-state index in [0.717, 1.165) is 34.4 Å². The molecule has 2 unspecified atom stereocenters. The van der Waals surface area contributed by atoms with E-state index in [-0.39, 0.29) is 17.4 Å². The average molecular weight is 546 g/mol. The molecule has 41 heavy (non-hydrogen) atoms. The van der Waals surface area contributed by atoms with E-state index in [9.17, 15) is 14.7 Å². The van der Waals surface area contributed by atoms with E-state index in [0.29, 0.717) is 30.9 Å². The molecule has 0 aromatic heterocycles. The summed E-state index contributed by atoms with van der Waals surface area (Å²) in [5.74, 6) is -0.0287. The largest absolute Gasteiger partial charge is 0.507 e. The van der Waals surface area contributed by atoms with Crippen LogP contribution in [0.5, 0.6) is 11.5 Å². The topological polar surface area (TPSA) is 76.1 Å². The minimum Gasteiger partial charge on any atom is -0.507 e. The number of hydrogen-bond donors (Lipinski definition) is 1. The van der Waals surface area contributed by atoms with Gasteiger partial charge in [-0.25, -0.2) is 0 Å². The average Bonchev–Trinajstić information content (AvgIpc) is 3.50. The number of benzene rings is 4.